The first-order chi connectivity index (χ1) is 7.49. The van der Waals surface area contributed by atoms with E-state index in [1.54, 1.807) is 25.1 Å². The van der Waals surface area contributed by atoms with Gasteiger partial charge in [-0.2, -0.15) is 0 Å². The normalized spacial score (nSPS) is 12.3. The van der Waals surface area contributed by atoms with Gasteiger partial charge in [-0.05, 0) is 38.5 Å². The number of hydrogen-bond acceptors (Lipinski definition) is 2. The van der Waals surface area contributed by atoms with Gasteiger partial charge >= 0.3 is 6.03 Å². The second-order valence-corrected chi connectivity index (χ2v) is 4.05. The lowest BCUT2D eigenvalue weighted by molar-refractivity contribution is 0.199. The van der Waals surface area contributed by atoms with E-state index >= 15 is 0 Å². The number of carbonyl (C=O) groups excluding carboxylic acids is 1. The highest BCUT2D eigenvalue weighted by molar-refractivity contribution is 5.89. The summed E-state index contributed by atoms with van der Waals surface area (Å²) in [6.45, 7) is 5.48. The van der Waals surface area contributed by atoms with Gasteiger partial charge in [-0.3, -0.25) is 0 Å². The molecular formula is C12H18N2O2. The first kappa shape index (κ1) is 12.5. The van der Waals surface area contributed by atoms with Crippen LogP contribution in [0.15, 0.2) is 24.3 Å². The maximum Gasteiger partial charge on any atom is 0.319 e. The van der Waals surface area contributed by atoms with Crippen LogP contribution in [-0.2, 0) is 0 Å². The molecule has 0 aliphatic heterocycles. The van der Waals surface area contributed by atoms with E-state index in [0.717, 1.165) is 5.56 Å². The van der Waals surface area contributed by atoms with Gasteiger partial charge in [0.25, 0.3) is 0 Å². The lowest BCUT2D eigenvalue weighted by Gasteiger charge is -2.11. The van der Waals surface area contributed by atoms with Crippen LogP contribution in [0.5, 0.6) is 0 Å². The van der Waals surface area contributed by atoms with Crippen LogP contribution < -0.4 is 10.6 Å². The fourth-order valence-corrected chi connectivity index (χ4v) is 1.31. The first-order valence-corrected chi connectivity index (χ1v) is 5.34. The molecule has 1 aromatic carbocycles. The fourth-order valence-electron chi connectivity index (χ4n) is 1.31. The Morgan fingerprint density at radius 3 is 2.56 bits per heavy atom. The van der Waals surface area contributed by atoms with Gasteiger partial charge in [-0.25, -0.2) is 4.79 Å². The van der Waals surface area contributed by atoms with Gasteiger partial charge in [-0.1, -0.05) is 12.1 Å². The molecule has 0 saturated heterocycles. The number of rotatable bonds is 3. The van der Waals surface area contributed by atoms with E-state index in [0.29, 0.717) is 5.69 Å². The largest absolute Gasteiger partial charge is 0.389 e. The van der Waals surface area contributed by atoms with E-state index in [2.05, 4.69) is 10.6 Å². The molecule has 4 heteroatoms. The molecule has 0 aromatic heterocycles. The number of aliphatic hydroxyl groups is 1. The summed E-state index contributed by atoms with van der Waals surface area (Å²) >= 11 is 0. The number of hydrogen-bond donors (Lipinski definition) is 3. The molecule has 0 spiro atoms. The molecule has 88 valence electrons. The fraction of sp³-hybridized carbons (Fsp3) is 0.417. The van der Waals surface area contributed by atoms with Crippen molar-refractivity contribution >= 4 is 11.7 Å². The summed E-state index contributed by atoms with van der Waals surface area (Å²) in [6, 6.07) is 7.01. The third kappa shape index (κ3) is 3.90. The van der Waals surface area contributed by atoms with Crippen LogP contribution in [0, 0.1) is 0 Å². The molecule has 0 saturated carbocycles. The molecule has 1 aromatic rings. The Morgan fingerprint density at radius 2 is 2.00 bits per heavy atom. The lowest BCUT2D eigenvalue weighted by atomic mass is 10.1. The maximum absolute atomic E-state index is 11.4. The van der Waals surface area contributed by atoms with Crippen molar-refractivity contribution in [3.63, 3.8) is 0 Å². The second kappa shape index (κ2) is 5.51. The van der Waals surface area contributed by atoms with Crippen LogP contribution in [-0.4, -0.2) is 17.2 Å². The molecule has 0 aliphatic rings. The van der Waals surface area contributed by atoms with Crippen molar-refractivity contribution < 1.29 is 9.90 Å². The summed E-state index contributed by atoms with van der Waals surface area (Å²) in [5.74, 6) is 0. The van der Waals surface area contributed by atoms with Gasteiger partial charge in [0.05, 0.1) is 6.10 Å². The van der Waals surface area contributed by atoms with Crippen LogP contribution in [0.2, 0.25) is 0 Å². The topological polar surface area (TPSA) is 61.4 Å². The Kier molecular flexibility index (Phi) is 4.31. The first-order valence-electron chi connectivity index (χ1n) is 5.34. The monoisotopic (exact) mass is 222 g/mol. The quantitative estimate of drug-likeness (QED) is 0.734. The lowest BCUT2D eigenvalue weighted by Crippen LogP contribution is -2.34. The van der Waals surface area contributed by atoms with Crippen molar-refractivity contribution in [1.82, 2.24) is 5.32 Å². The number of urea groups is 1. The van der Waals surface area contributed by atoms with E-state index in [1.165, 1.54) is 0 Å². The zero-order chi connectivity index (χ0) is 12.1. The van der Waals surface area contributed by atoms with Gasteiger partial charge in [0.1, 0.15) is 0 Å². The number of aliphatic hydroxyl groups excluding tert-OH is 1. The van der Waals surface area contributed by atoms with Crippen LogP contribution >= 0.6 is 0 Å². The van der Waals surface area contributed by atoms with Crippen molar-refractivity contribution in [1.29, 1.82) is 0 Å². The molecule has 0 aliphatic carbocycles. The molecule has 16 heavy (non-hydrogen) atoms. The van der Waals surface area contributed by atoms with Crippen molar-refractivity contribution in [2.45, 2.75) is 32.9 Å². The van der Waals surface area contributed by atoms with E-state index in [1.807, 2.05) is 19.9 Å². The number of nitrogens with one attached hydrogen (secondary N) is 2. The summed E-state index contributed by atoms with van der Waals surface area (Å²) < 4.78 is 0. The van der Waals surface area contributed by atoms with Gasteiger partial charge in [-0.15, -0.1) is 0 Å². The Morgan fingerprint density at radius 1 is 1.31 bits per heavy atom. The number of amides is 2. The average molecular weight is 222 g/mol. The van der Waals surface area contributed by atoms with E-state index in [-0.39, 0.29) is 12.1 Å². The van der Waals surface area contributed by atoms with Gasteiger partial charge in [0.2, 0.25) is 0 Å². The minimum atomic E-state index is -0.532. The number of benzene rings is 1. The zero-order valence-electron chi connectivity index (χ0n) is 9.82. The van der Waals surface area contributed by atoms with E-state index < -0.39 is 6.10 Å². The molecule has 4 nitrogen and oxygen atoms in total. The highest BCUT2D eigenvalue weighted by atomic mass is 16.3. The molecule has 2 amide bonds. The predicted molar refractivity (Wildman–Crippen MR) is 64.4 cm³/mol. The van der Waals surface area contributed by atoms with Crippen molar-refractivity contribution in [3.8, 4) is 0 Å². The van der Waals surface area contributed by atoms with Crippen LogP contribution in [0.25, 0.3) is 0 Å². The molecule has 0 heterocycles. The Labute approximate surface area is 95.7 Å². The van der Waals surface area contributed by atoms with E-state index in [9.17, 15) is 9.90 Å². The van der Waals surface area contributed by atoms with Gasteiger partial charge < -0.3 is 15.7 Å². The summed E-state index contributed by atoms with van der Waals surface area (Å²) in [5, 5.41) is 14.8. The predicted octanol–water partition coefficient (Wildman–Crippen LogP) is 2.27. The minimum absolute atomic E-state index is 0.0972. The third-order valence-electron chi connectivity index (χ3n) is 2.05. The third-order valence-corrected chi connectivity index (χ3v) is 2.05. The summed E-state index contributed by atoms with van der Waals surface area (Å²) in [5.41, 5.74) is 1.46. The Hall–Kier alpha value is -1.55. The summed E-state index contributed by atoms with van der Waals surface area (Å²) in [6.07, 6.45) is -0.532. The number of anilines is 1. The van der Waals surface area contributed by atoms with Crippen LogP contribution in [0.3, 0.4) is 0 Å². The average Bonchev–Trinajstić information content (AvgIpc) is 2.16. The Balaban J connectivity index is 2.67. The molecule has 0 fully saturated rings. The molecule has 1 atom stereocenters. The van der Waals surface area contributed by atoms with Crippen molar-refractivity contribution in [2.24, 2.45) is 0 Å². The SMILES string of the molecule is CC(C)NC(=O)Nc1cccc(C(C)O)c1. The molecule has 1 rings (SSSR count). The van der Waals surface area contributed by atoms with E-state index in [4.69, 9.17) is 0 Å². The van der Waals surface area contributed by atoms with Crippen molar-refractivity contribution in [2.75, 3.05) is 5.32 Å². The van der Waals surface area contributed by atoms with Crippen LogP contribution in [0.4, 0.5) is 10.5 Å². The minimum Gasteiger partial charge on any atom is -0.389 e. The van der Waals surface area contributed by atoms with Gasteiger partial charge in [0, 0.05) is 11.7 Å². The number of carbonyl (C=O) groups is 1. The molecule has 0 bridgehead atoms. The molecular weight excluding hydrogens is 204 g/mol. The zero-order valence-corrected chi connectivity index (χ0v) is 9.82. The van der Waals surface area contributed by atoms with Crippen LogP contribution in [0.1, 0.15) is 32.4 Å². The molecule has 0 radical (unpaired) electrons. The molecule has 3 N–H and O–H groups in total. The standard InChI is InChI=1S/C12H18N2O2/c1-8(2)13-12(16)14-11-6-4-5-10(7-11)9(3)15/h4-9,15H,1-3H3,(H2,13,14,16). The highest BCUT2D eigenvalue weighted by Gasteiger charge is 2.05. The summed E-state index contributed by atoms with van der Waals surface area (Å²) in [4.78, 5) is 11.4. The smallest absolute Gasteiger partial charge is 0.319 e. The second-order valence-electron chi connectivity index (χ2n) is 4.05. The molecule has 1 unspecified atom stereocenters. The highest BCUT2D eigenvalue weighted by Crippen LogP contribution is 2.16. The van der Waals surface area contributed by atoms with Crippen molar-refractivity contribution in [3.05, 3.63) is 29.8 Å². The maximum atomic E-state index is 11.4. The Bertz CT molecular complexity index is 362. The van der Waals surface area contributed by atoms with Gasteiger partial charge in [0.15, 0.2) is 0 Å². The summed E-state index contributed by atoms with van der Waals surface area (Å²) in [7, 11) is 0.